The number of allylic oxidation sites excluding steroid dienone is 1. The van der Waals surface area contributed by atoms with Crippen LogP contribution in [0.25, 0.3) is 11.1 Å². The molecule has 0 radical (unpaired) electrons. The molecule has 1 aromatic heterocycles. The van der Waals surface area contributed by atoms with Crippen LogP contribution in [0.2, 0.25) is 0 Å². The van der Waals surface area contributed by atoms with E-state index in [4.69, 9.17) is 0 Å². The summed E-state index contributed by atoms with van der Waals surface area (Å²) in [6, 6.07) is 8.83. The SMILES string of the molecule is C=C1CCCC2(CCN(c3cc(-c4ccc(F)cc4)c(I)cn3)CC2)N1. The summed E-state index contributed by atoms with van der Waals surface area (Å²) in [5.74, 6) is 0.801. The summed E-state index contributed by atoms with van der Waals surface area (Å²) in [6.07, 6.45) is 7.73. The van der Waals surface area contributed by atoms with Gasteiger partial charge in [-0.25, -0.2) is 9.37 Å². The van der Waals surface area contributed by atoms with E-state index >= 15 is 0 Å². The van der Waals surface area contributed by atoms with Gasteiger partial charge in [-0.05, 0) is 78.5 Å². The molecule has 0 aliphatic carbocycles. The van der Waals surface area contributed by atoms with Crippen molar-refractivity contribution in [2.45, 2.75) is 37.6 Å². The summed E-state index contributed by atoms with van der Waals surface area (Å²) in [5, 5.41) is 3.68. The fourth-order valence-corrected chi connectivity index (χ4v) is 4.74. The van der Waals surface area contributed by atoms with E-state index in [2.05, 4.69) is 50.4 Å². The van der Waals surface area contributed by atoms with E-state index in [-0.39, 0.29) is 11.4 Å². The highest BCUT2D eigenvalue weighted by Crippen LogP contribution is 2.35. The van der Waals surface area contributed by atoms with Gasteiger partial charge in [0.1, 0.15) is 11.6 Å². The molecule has 136 valence electrons. The van der Waals surface area contributed by atoms with Gasteiger partial charge < -0.3 is 10.2 Å². The average molecular weight is 463 g/mol. The van der Waals surface area contributed by atoms with E-state index in [1.165, 1.54) is 30.7 Å². The highest BCUT2D eigenvalue weighted by molar-refractivity contribution is 14.1. The molecule has 0 amide bonds. The molecule has 2 aliphatic heterocycles. The Morgan fingerprint density at radius 1 is 1.15 bits per heavy atom. The molecule has 1 aromatic carbocycles. The van der Waals surface area contributed by atoms with E-state index in [9.17, 15) is 4.39 Å². The highest BCUT2D eigenvalue weighted by atomic mass is 127. The van der Waals surface area contributed by atoms with Crippen LogP contribution in [0.3, 0.4) is 0 Å². The number of pyridine rings is 1. The van der Waals surface area contributed by atoms with Crippen molar-refractivity contribution in [2.75, 3.05) is 18.0 Å². The number of aromatic nitrogens is 1. The Bertz CT molecular complexity index is 811. The van der Waals surface area contributed by atoms with Crippen LogP contribution in [0.1, 0.15) is 32.1 Å². The van der Waals surface area contributed by atoms with Crippen LogP contribution >= 0.6 is 22.6 Å². The molecule has 0 bridgehead atoms. The summed E-state index contributed by atoms with van der Waals surface area (Å²) >= 11 is 2.30. The number of anilines is 1. The van der Waals surface area contributed by atoms with Gasteiger partial charge >= 0.3 is 0 Å². The molecular formula is C21H23FIN3. The number of hydrogen-bond acceptors (Lipinski definition) is 3. The molecule has 2 aromatic rings. The van der Waals surface area contributed by atoms with Crippen molar-refractivity contribution in [3.63, 3.8) is 0 Å². The minimum absolute atomic E-state index is 0.207. The van der Waals surface area contributed by atoms with Crippen LogP contribution in [0.15, 0.2) is 48.8 Å². The molecule has 1 N–H and O–H groups in total. The lowest BCUT2D eigenvalue weighted by atomic mass is 9.80. The molecule has 2 saturated heterocycles. The van der Waals surface area contributed by atoms with E-state index in [1.807, 2.05) is 18.3 Å². The minimum atomic E-state index is -0.207. The first-order valence-corrected chi connectivity index (χ1v) is 10.2. The lowest BCUT2D eigenvalue weighted by Gasteiger charge is -2.46. The maximum atomic E-state index is 13.2. The number of nitrogens with zero attached hydrogens (tertiary/aromatic N) is 2. The van der Waals surface area contributed by atoms with Gasteiger partial charge in [-0.2, -0.15) is 0 Å². The number of hydrogen-bond donors (Lipinski definition) is 1. The van der Waals surface area contributed by atoms with Gasteiger partial charge in [0.2, 0.25) is 0 Å². The zero-order chi connectivity index (χ0) is 18.1. The quantitative estimate of drug-likeness (QED) is 0.627. The minimum Gasteiger partial charge on any atom is -0.383 e. The predicted molar refractivity (Wildman–Crippen MR) is 113 cm³/mol. The fourth-order valence-electron chi connectivity index (χ4n) is 4.13. The van der Waals surface area contributed by atoms with Crippen molar-refractivity contribution in [1.82, 2.24) is 10.3 Å². The van der Waals surface area contributed by atoms with Gasteiger partial charge in [0.05, 0.1) is 0 Å². The predicted octanol–water partition coefficient (Wildman–Crippen LogP) is 5.12. The van der Waals surface area contributed by atoms with Crippen LogP contribution in [-0.4, -0.2) is 23.6 Å². The number of rotatable bonds is 2. The third-order valence-corrected chi connectivity index (χ3v) is 6.48. The Kier molecular flexibility index (Phi) is 4.90. The Morgan fingerprint density at radius 2 is 1.88 bits per heavy atom. The second-order valence-electron chi connectivity index (χ2n) is 7.38. The van der Waals surface area contributed by atoms with Crippen molar-refractivity contribution in [3.05, 3.63) is 58.2 Å². The molecule has 4 rings (SSSR count). The molecule has 3 heterocycles. The number of piperidine rings is 2. The van der Waals surface area contributed by atoms with Gasteiger partial charge in [0.15, 0.2) is 0 Å². The van der Waals surface area contributed by atoms with Gasteiger partial charge in [-0.1, -0.05) is 18.7 Å². The monoisotopic (exact) mass is 463 g/mol. The first-order valence-electron chi connectivity index (χ1n) is 9.17. The van der Waals surface area contributed by atoms with E-state index in [0.29, 0.717) is 0 Å². The van der Waals surface area contributed by atoms with Crippen molar-refractivity contribution in [2.24, 2.45) is 0 Å². The van der Waals surface area contributed by atoms with Crippen LogP contribution in [0.4, 0.5) is 10.2 Å². The number of halogens is 2. The molecule has 2 fully saturated rings. The van der Waals surface area contributed by atoms with Gasteiger partial charge in [-0.3, -0.25) is 0 Å². The van der Waals surface area contributed by atoms with Gasteiger partial charge in [0, 0.05) is 39.7 Å². The van der Waals surface area contributed by atoms with Gasteiger partial charge in [-0.15, -0.1) is 0 Å². The third-order valence-electron chi connectivity index (χ3n) is 5.62. The Morgan fingerprint density at radius 3 is 2.58 bits per heavy atom. The first-order chi connectivity index (χ1) is 12.5. The van der Waals surface area contributed by atoms with E-state index in [0.717, 1.165) is 52.9 Å². The van der Waals surface area contributed by atoms with Crippen LogP contribution in [-0.2, 0) is 0 Å². The molecule has 0 saturated carbocycles. The standard InChI is InChI=1S/C21H23FIN3/c1-15-3-2-8-21(25-15)9-11-26(12-10-21)20-13-18(19(23)14-24-20)16-4-6-17(22)7-5-16/h4-7,13-14,25H,1-3,8-12H2. The maximum absolute atomic E-state index is 13.2. The van der Waals surface area contributed by atoms with Crippen LogP contribution in [0, 0.1) is 9.39 Å². The molecule has 1 spiro atoms. The largest absolute Gasteiger partial charge is 0.383 e. The number of nitrogens with one attached hydrogen (secondary N) is 1. The van der Waals surface area contributed by atoms with Crippen molar-refractivity contribution < 1.29 is 4.39 Å². The molecule has 2 aliphatic rings. The Hall–Kier alpha value is -1.63. The fraction of sp³-hybridized carbons (Fsp3) is 0.381. The van der Waals surface area contributed by atoms with Crippen molar-refractivity contribution in [3.8, 4) is 11.1 Å². The van der Waals surface area contributed by atoms with Crippen LogP contribution in [0.5, 0.6) is 0 Å². The summed E-state index contributed by atoms with van der Waals surface area (Å²) in [5.41, 5.74) is 3.56. The normalized spacial score (nSPS) is 19.5. The molecule has 5 heteroatoms. The Labute approximate surface area is 167 Å². The summed E-state index contributed by atoms with van der Waals surface area (Å²) in [7, 11) is 0. The Balaban J connectivity index is 1.53. The highest BCUT2D eigenvalue weighted by Gasteiger charge is 2.36. The molecule has 0 atom stereocenters. The van der Waals surface area contributed by atoms with E-state index in [1.54, 1.807) is 0 Å². The molecule has 0 unspecified atom stereocenters. The molecule has 26 heavy (non-hydrogen) atoms. The maximum Gasteiger partial charge on any atom is 0.129 e. The lowest BCUT2D eigenvalue weighted by Crippen LogP contribution is -2.54. The summed E-state index contributed by atoms with van der Waals surface area (Å²) in [6.45, 7) is 6.13. The summed E-state index contributed by atoms with van der Waals surface area (Å²) < 4.78 is 14.3. The smallest absolute Gasteiger partial charge is 0.129 e. The number of benzene rings is 1. The zero-order valence-corrected chi connectivity index (χ0v) is 16.9. The zero-order valence-electron chi connectivity index (χ0n) is 14.8. The topological polar surface area (TPSA) is 28.2 Å². The molecular weight excluding hydrogens is 440 g/mol. The average Bonchev–Trinajstić information content (AvgIpc) is 2.64. The third kappa shape index (κ3) is 3.59. The molecule has 3 nitrogen and oxygen atoms in total. The second kappa shape index (κ2) is 7.18. The first kappa shape index (κ1) is 17.8. The van der Waals surface area contributed by atoms with Gasteiger partial charge in [0.25, 0.3) is 0 Å². The van der Waals surface area contributed by atoms with Crippen molar-refractivity contribution in [1.29, 1.82) is 0 Å². The van der Waals surface area contributed by atoms with Crippen molar-refractivity contribution >= 4 is 28.4 Å². The van der Waals surface area contributed by atoms with E-state index < -0.39 is 0 Å². The van der Waals surface area contributed by atoms with Crippen LogP contribution < -0.4 is 10.2 Å². The lowest BCUT2D eigenvalue weighted by molar-refractivity contribution is 0.231. The summed E-state index contributed by atoms with van der Waals surface area (Å²) in [4.78, 5) is 7.03. The second-order valence-corrected chi connectivity index (χ2v) is 8.54.